The van der Waals surface area contributed by atoms with Crippen LogP contribution in [0.1, 0.15) is 32.3 Å². The van der Waals surface area contributed by atoms with Crippen molar-refractivity contribution < 1.29 is 23.8 Å². The number of aryl methyl sites for hydroxylation is 1. The number of aromatic nitrogens is 4. The van der Waals surface area contributed by atoms with Gasteiger partial charge in [-0.25, -0.2) is 14.8 Å². The first-order chi connectivity index (χ1) is 17.3. The van der Waals surface area contributed by atoms with Crippen LogP contribution in [0.5, 0.6) is 5.88 Å². The summed E-state index contributed by atoms with van der Waals surface area (Å²) in [4.78, 5) is 43.7. The SMILES string of the molecule is COC(=O)c1sc(N2CC[C@@H](NC(=O)c3[nH]c(C)c(Cl)c3Cl)[C@@H](OC)C2)nc1-c1nccc(OC)n1. The van der Waals surface area contributed by atoms with Gasteiger partial charge in [0.05, 0.1) is 36.4 Å². The Morgan fingerprint density at radius 3 is 2.64 bits per heavy atom. The molecule has 11 nitrogen and oxygen atoms in total. The Balaban J connectivity index is 1.55. The molecule has 1 aliphatic heterocycles. The Hall–Kier alpha value is -2.93. The number of halogens is 2. The molecule has 36 heavy (non-hydrogen) atoms. The van der Waals surface area contributed by atoms with Gasteiger partial charge in [-0.05, 0) is 13.3 Å². The van der Waals surface area contributed by atoms with E-state index in [1.54, 1.807) is 20.1 Å². The van der Waals surface area contributed by atoms with Crippen molar-refractivity contribution in [3.05, 3.63) is 38.6 Å². The van der Waals surface area contributed by atoms with Crippen LogP contribution < -0.4 is 15.0 Å². The number of esters is 1. The molecule has 1 aliphatic rings. The second-order valence-corrected chi connectivity index (χ2v) is 9.66. The van der Waals surface area contributed by atoms with Gasteiger partial charge in [0.15, 0.2) is 11.0 Å². The molecule has 3 aromatic rings. The molecule has 2 atom stereocenters. The molecule has 0 spiro atoms. The van der Waals surface area contributed by atoms with Gasteiger partial charge in [-0.1, -0.05) is 34.5 Å². The maximum Gasteiger partial charge on any atom is 0.350 e. The fourth-order valence-corrected chi connectivity index (χ4v) is 5.29. The van der Waals surface area contributed by atoms with E-state index in [0.29, 0.717) is 46.9 Å². The summed E-state index contributed by atoms with van der Waals surface area (Å²) in [5.41, 5.74) is 1.13. The van der Waals surface area contributed by atoms with Crippen molar-refractivity contribution in [3.8, 4) is 17.4 Å². The number of hydrogen-bond donors (Lipinski definition) is 2. The second-order valence-electron chi connectivity index (χ2n) is 7.93. The van der Waals surface area contributed by atoms with E-state index < -0.39 is 5.97 Å². The number of amides is 1. The third-order valence-electron chi connectivity index (χ3n) is 5.77. The summed E-state index contributed by atoms with van der Waals surface area (Å²) < 4.78 is 15.8. The molecule has 3 aromatic heterocycles. The summed E-state index contributed by atoms with van der Waals surface area (Å²) in [6, 6.07) is 1.32. The number of thiazole rings is 1. The van der Waals surface area contributed by atoms with Crippen LogP contribution in [0.25, 0.3) is 11.5 Å². The molecular formula is C22H24Cl2N6O5S. The standard InChI is InChI=1S/C22H24Cl2N6O5S/c1-10-14(23)15(24)16(26-10)20(31)27-11-6-8-30(9-12(11)33-2)22-29-17(18(36-22)21(32)35-4)19-25-7-5-13(28-19)34-3/h5,7,11-12,26H,6,8-9H2,1-4H3,(H,27,31)/t11-,12+/m1/s1. The molecule has 1 fully saturated rings. The third-order valence-corrected chi connectivity index (χ3v) is 7.81. The molecule has 4 heterocycles. The molecule has 0 aromatic carbocycles. The number of carbonyl (C=O) groups is 2. The topological polar surface area (TPSA) is 132 Å². The van der Waals surface area contributed by atoms with Gasteiger partial charge >= 0.3 is 5.97 Å². The molecule has 0 saturated carbocycles. The van der Waals surface area contributed by atoms with Gasteiger partial charge in [0, 0.05) is 38.2 Å². The minimum atomic E-state index is -0.539. The lowest BCUT2D eigenvalue weighted by Gasteiger charge is -2.37. The fourth-order valence-electron chi connectivity index (χ4n) is 3.86. The summed E-state index contributed by atoms with van der Waals surface area (Å²) in [5.74, 6) is -0.308. The van der Waals surface area contributed by atoms with Crippen molar-refractivity contribution >= 4 is 51.5 Å². The lowest BCUT2D eigenvalue weighted by molar-refractivity contribution is 0.0540. The molecule has 0 unspecified atom stereocenters. The van der Waals surface area contributed by atoms with Gasteiger partial charge in [0.25, 0.3) is 5.91 Å². The zero-order valence-electron chi connectivity index (χ0n) is 19.9. The monoisotopic (exact) mass is 554 g/mol. The zero-order valence-corrected chi connectivity index (χ0v) is 22.3. The summed E-state index contributed by atoms with van der Waals surface area (Å²) in [6.45, 7) is 2.71. The minimum absolute atomic E-state index is 0.184. The Kier molecular flexibility index (Phi) is 7.98. The highest BCUT2D eigenvalue weighted by atomic mass is 35.5. The number of aromatic amines is 1. The smallest absolute Gasteiger partial charge is 0.350 e. The van der Waals surface area contributed by atoms with Gasteiger partial charge in [-0.2, -0.15) is 4.98 Å². The number of methoxy groups -OCH3 is 3. The van der Waals surface area contributed by atoms with Crippen LogP contribution in [-0.2, 0) is 9.47 Å². The van der Waals surface area contributed by atoms with E-state index in [4.69, 9.17) is 37.4 Å². The quantitative estimate of drug-likeness (QED) is 0.422. The van der Waals surface area contributed by atoms with Crippen molar-refractivity contribution in [2.24, 2.45) is 0 Å². The molecule has 0 radical (unpaired) electrons. The van der Waals surface area contributed by atoms with Crippen molar-refractivity contribution in [2.75, 3.05) is 39.3 Å². The Labute approximate surface area is 221 Å². The molecular weight excluding hydrogens is 531 g/mol. The second kappa shape index (κ2) is 11.0. The number of rotatable bonds is 7. The predicted octanol–water partition coefficient (Wildman–Crippen LogP) is 3.36. The lowest BCUT2D eigenvalue weighted by atomic mass is 10.0. The average Bonchev–Trinajstić information content (AvgIpc) is 3.46. The van der Waals surface area contributed by atoms with Crippen LogP contribution in [0.3, 0.4) is 0 Å². The first-order valence-corrected chi connectivity index (χ1v) is 12.4. The fraction of sp³-hybridized carbons (Fsp3) is 0.409. The highest BCUT2D eigenvalue weighted by molar-refractivity contribution is 7.17. The van der Waals surface area contributed by atoms with Gasteiger partial charge < -0.3 is 29.4 Å². The van der Waals surface area contributed by atoms with E-state index in [0.717, 1.165) is 0 Å². The summed E-state index contributed by atoms with van der Waals surface area (Å²) >= 11 is 13.5. The predicted molar refractivity (Wildman–Crippen MR) is 135 cm³/mol. The third kappa shape index (κ3) is 5.12. The number of ether oxygens (including phenoxy) is 3. The van der Waals surface area contributed by atoms with E-state index in [1.807, 2.05) is 4.90 Å². The number of hydrogen-bond acceptors (Lipinski definition) is 10. The summed E-state index contributed by atoms with van der Waals surface area (Å²) in [5, 5.41) is 4.07. The first-order valence-electron chi connectivity index (χ1n) is 10.9. The van der Waals surface area contributed by atoms with E-state index in [1.165, 1.54) is 31.8 Å². The maximum atomic E-state index is 12.8. The van der Waals surface area contributed by atoms with Crippen molar-refractivity contribution in [1.29, 1.82) is 0 Å². The Morgan fingerprint density at radius 1 is 1.22 bits per heavy atom. The molecule has 0 bridgehead atoms. The van der Waals surface area contributed by atoms with Gasteiger partial charge in [-0.15, -0.1) is 0 Å². The van der Waals surface area contributed by atoms with Crippen LogP contribution in [-0.4, -0.2) is 78.4 Å². The van der Waals surface area contributed by atoms with Gasteiger partial charge in [-0.3, -0.25) is 4.79 Å². The molecule has 1 saturated heterocycles. The summed E-state index contributed by atoms with van der Waals surface area (Å²) in [7, 11) is 4.37. The molecule has 2 N–H and O–H groups in total. The van der Waals surface area contributed by atoms with Crippen LogP contribution >= 0.6 is 34.5 Å². The number of piperidine rings is 1. The normalized spacial score (nSPS) is 17.7. The van der Waals surface area contributed by atoms with Crippen LogP contribution in [0.15, 0.2) is 12.3 Å². The number of carbonyl (C=O) groups excluding carboxylic acids is 2. The maximum absolute atomic E-state index is 12.8. The molecule has 1 amide bonds. The van der Waals surface area contributed by atoms with Crippen LogP contribution in [0, 0.1) is 6.92 Å². The largest absolute Gasteiger partial charge is 0.481 e. The number of nitrogens with one attached hydrogen (secondary N) is 2. The average molecular weight is 555 g/mol. The number of nitrogens with zero attached hydrogens (tertiary/aromatic N) is 4. The number of H-pyrrole nitrogens is 1. The first kappa shape index (κ1) is 26.1. The minimum Gasteiger partial charge on any atom is -0.481 e. The molecule has 4 rings (SSSR count). The highest BCUT2D eigenvalue weighted by Crippen LogP contribution is 2.34. The van der Waals surface area contributed by atoms with E-state index in [2.05, 4.69) is 25.3 Å². The van der Waals surface area contributed by atoms with Crippen molar-refractivity contribution in [3.63, 3.8) is 0 Å². The number of anilines is 1. The van der Waals surface area contributed by atoms with Crippen LogP contribution in [0.2, 0.25) is 10.0 Å². The van der Waals surface area contributed by atoms with Gasteiger partial charge in [0.2, 0.25) is 5.88 Å². The van der Waals surface area contributed by atoms with E-state index in [-0.39, 0.29) is 39.5 Å². The highest BCUT2D eigenvalue weighted by Gasteiger charge is 2.34. The summed E-state index contributed by atoms with van der Waals surface area (Å²) in [6.07, 6.45) is 1.74. The zero-order chi connectivity index (χ0) is 26.0. The molecule has 0 aliphatic carbocycles. The molecule has 192 valence electrons. The van der Waals surface area contributed by atoms with Crippen LogP contribution in [0.4, 0.5) is 5.13 Å². The van der Waals surface area contributed by atoms with Gasteiger partial charge in [0.1, 0.15) is 16.3 Å². The van der Waals surface area contributed by atoms with E-state index in [9.17, 15) is 9.59 Å². The Morgan fingerprint density at radius 2 is 2.00 bits per heavy atom. The lowest BCUT2D eigenvalue weighted by Crippen LogP contribution is -2.55. The van der Waals surface area contributed by atoms with E-state index >= 15 is 0 Å². The van der Waals surface area contributed by atoms with Crippen molar-refractivity contribution in [2.45, 2.75) is 25.5 Å². The van der Waals surface area contributed by atoms with Crippen molar-refractivity contribution in [1.82, 2.24) is 25.3 Å². The Bertz CT molecular complexity index is 1280. The molecule has 14 heteroatoms.